The second-order valence-corrected chi connectivity index (χ2v) is 6.41. The molecule has 0 spiro atoms. The minimum Gasteiger partial charge on any atom is -0.496 e. The predicted octanol–water partition coefficient (Wildman–Crippen LogP) is 4.34. The summed E-state index contributed by atoms with van der Waals surface area (Å²) >= 11 is 0. The van der Waals surface area contributed by atoms with E-state index in [1.165, 1.54) is 0 Å². The SMILES string of the molecule is COc1ccc(OC)c2c(OC)c(C(O)CCC(C)C)cc(OC)c12. The first kappa shape index (κ1) is 19.2. The number of aliphatic hydroxyl groups is 1. The van der Waals surface area contributed by atoms with Gasteiger partial charge in [0.2, 0.25) is 0 Å². The highest BCUT2D eigenvalue weighted by atomic mass is 16.5. The molecule has 0 aliphatic heterocycles. The fourth-order valence-electron chi connectivity index (χ4n) is 3.07. The van der Waals surface area contributed by atoms with Crippen LogP contribution in [-0.2, 0) is 0 Å². The Morgan fingerprint density at radius 1 is 0.800 bits per heavy atom. The van der Waals surface area contributed by atoms with Crippen molar-refractivity contribution in [1.29, 1.82) is 0 Å². The van der Waals surface area contributed by atoms with Gasteiger partial charge in [0.1, 0.15) is 23.0 Å². The molecule has 0 saturated heterocycles. The van der Waals surface area contributed by atoms with Crippen LogP contribution in [0.1, 0.15) is 38.4 Å². The number of rotatable bonds is 8. The van der Waals surface area contributed by atoms with Crippen molar-refractivity contribution in [3.63, 3.8) is 0 Å². The molecule has 0 saturated carbocycles. The van der Waals surface area contributed by atoms with Gasteiger partial charge in [-0.2, -0.15) is 0 Å². The third-order valence-electron chi connectivity index (χ3n) is 4.39. The summed E-state index contributed by atoms with van der Waals surface area (Å²) in [6.45, 7) is 4.28. The zero-order valence-electron chi connectivity index (χ0n) is 15.9. The highest BCUT2D eigenvalue weighted by molar-refractivity contribution is 6.03. The first-order chi connectivity index (χ1) is 12.0. The van der Waals surface area contributed by atoms with Crippen LogP contribution in [0, 0.1) is 5.92 Å². The van der Waals surface area contributed by atoms with E-state index in [0.29, 0.717) is 40.9 Å². The van der Waals surface area contributed by atoms with Crippen LogP contribution < -0.4 is 18.9 Å². The van der Waals surface area contributed by atoms with Gasteiger partial charge >= 0.3 is 0 Å². The lowest BCUT2D eigenvalue weighted by molar-refractivity contribution is 0.155. The van der Waals surface area contributed by atoms with Gasteiger partial charge in [-0.15, -0.1) is 0 Å². The van der Waals surface area contributed by atoms with Gasteiger partial charge in [0, 0.05) is 5.56 Å². The Bertz CT molecular complexity index is 724. The summed E-state index contributed by atoms with van der Waals surface area (Å²) < 4.78 is 22.3. The van der Waals surface area contributed by atoms with Crippen LogP contribution in [0.25, 0.3) is 10.8 Å². The molecule has 0 aliphatic rings. The van der Waals surface area contributed by atoms with Crippen LogP contribution in [-0.4, -0.2) is 33.5 Å². The van der Waals surface area contributed by atoms with Crippen molar-refractivity contribution in [3.05, 3.63) is 23.8 Å². The van der Waals surface area contributed by atoms with Crippen molar-refractivity contribution < 1.29 is 24.1 Å². The number of fused-ring (bicyclic) bond motifs is 1. The third-order valence-corrected chi connectivity index (χ3v) is 4.39. The lowest BCUT2D eigenvalue weighted by atomic mass is 9.95. The summed E-state index contributed by atoms with van der Waals surface area (Å²) in [7, 11) is 6.41. The molecule has 0 amide bonds. The van der Waals surface area contributed by atoms with E-state index in [2.05, 4.69) is 13.8 Å². The van der Waals surface area contributed by atoms with Crippen LogP contribution in [0.4, 0.5) is 0 Å². The Kier molecular flexibility index (Phi) is 6.37. The van der Waals surface area contributed by atoms with Crippen LogP contribution in [0.5, 0.6) is 23.0 Å². The number of aliphatic hydroxyl groups excluding tert-OH is 1. The highest BCUT2D eigenvalue weighted by Gasteiger charge is 2.24. The van der Waals surface area contributed by atoms with E-state index in [0.717, 1.165) is 17.2 Å². The minimum atomic E-state index is -0.647. The van der Waals surface area contributed by atoms with Crippen molar-refractivity contribution in [2.75, 3.05) is 28.4 Å². The molecule has 1 atom stereocenters. The molecule has 138 valence electrons. The molecule has 0 fully saturated rings. The lowest BCUT2D eigenvalue weighted by Crippen LogP contribution is -2.05. The predicted molar refractivity (Wildman–Crippen MR) is 99.2 cm³/mol. The maximum atomic E-state index is 10.7. The van der Waals surface area contributed by atoms with E-state index >= 15 is 0 Å². The van der Waals surface area contributed by atoms with E-state index in [4.69, 9.17) is 18.9 Å². The van der Waals surface area contributed by atoms with Crippen LogP contribution in [0.2, 0.25) is 0 Å². The first-order valence-electron chi connectivity index (χ1n) is 8.46. The Morgan fingerprint density at radius 2 is 1.36 bits per heavy atom. The number of hydrogen-bond donors (Lipinski definition) is 1. The molecule has 1 N–H and O–H groups in total. The number of benzene rings is 2. The van der Waals surface area contributed by atoms with Gasteiger partial charge in [0.25, 0.3) is 0 Å². The van der Waals surface area contributed by atoms with E-state index in [-0.39, 0.29) is 0 Å². The minimum absolute atomic E-state index is 0.512. The maximum Gasteiger partial charge on any atom is 0.136 e. The average Bonchev–Trinajstić information content (AvgIpc) is 2.63. The topological polar surface area (TPSA) is 57.2 Å². The summed E-state index contributed by atoms with van der Waals surface area (Å²) in [6.07, 6.45) is 0.918. The number of ether oxygens (including phenoxy) is 4. The molecule has 2 aromatic rings. The van der Waals surface area contributed by atoms with Crippen LogP contribution in [0.3, 0.4) is 0 Å². The van der Waals surface area contributed by atoms with Gasteiger partial charge in [-0.3, -0.25) is 0 Å². The molecule has 5 nitrogen and oxygen atoms in total. The zero-order valence-corrected chi connectivity index (χ0v) is 15.9. The fourth-order valence-corrected chi connectivity index (χ4v) is 3.07. The van der Waals surface area contributed by atoms with Crippen molar-refractivity contribution in [3.8, 4) is 23.0 Å². The van der Waals surface area contributed by atoms with Crippen molar-refractivity contribution in [2.45, 2.75) is 32.8 Å². The molecule has 1 unspecified atom stereocenters. The quantitative estimate of drug-likeness (QED) is 0.769. The fraction of sp³-hybridized carbons (Fsp3) is 0.500. The van der Waals surface area contributed by atoms with E-state index in [1.807, 2.05) is 18.2 Å². The third kappa shape index (κ3) is 3.76. The molecule has 0 aliphatic carbocycles. The molecular weight excluding hydrogens is 320 g/mol. The maximum absolute atomic E-state index is 10.7. The summed E-state index contributed by atoms with van der Waals surface area (Å²) in [5.74, 6) is 3.02. The summed E-state index contributed by atoms with van der Waals surface area (Å²) in [5, 5.41) is 12.2. The van der Waals surface area contributed by atoms with E-state index in [9.17, 15) is 5.11 Å². The van der Waals surface area contributed by atoms with Crippen LogP contribution >= 0.6 is 0 Å². The van der Waals surface area contributed by atoms with Crippen molar-refractivity contribution in [1.82, 2.24) is 0 Å². The van der Waals surface area contributed by atoms with Gasteiger partial charge in [0.15, 0.2) is 0 Å². The molecule has 0 radical (unpaired) electrons. The molecule has 2 aromatic carbocycles. The number of methoxy groups -OCH3 is 4. The molecule has 25 heavy (non-hydrogen) atoms. The van der Waals surface area contributed by atoms with Gasteiger partial charge in [-0.25, -0.2) is 0 Å². The Morgan fingerprint density at radius 3 is 1.84 bits per heavy atom. The Hall–Kier alpha value is -2.14. The van der Waals surface area contributed by atoms with Gasteiger partial charge in [-0.05, 0) is 37.0 Å². The monoisotopic (exact) mass is 348 g/mol. The van der Waals surface area contributed by atoms with Crippen molar-refractivity contribution in [2.24, 2.45) is 5.92 Å². The standard InChI is InChI=1S/C20H28O5/c1-12(2)7-8-14(21)13-11-17(24-5)18-15(22-3)9-10-16(23-4)19(18)20(13)25-6/h9-12,14,21H,7-8H2,1-6H3. The Balaban J connectivity index is 2.76. The lowest BCUT2D eigenvalue weighted by Gasteiger charge is -2.21. The van der Waals surface area contributed by atoms with Crippen molar-refractivity contribution >= 4 is 10.8 Å². The second kappa shape index (κ2) is 8.30. The van der Waals surface area contributed by atoms with Crippen LogP contribution in [0.15, 0.2) is 18.2 Å². The second-order valence-electron chi connectivity index (χ2n) is 6.41. The van der Waals surface area contributed by atoms with E-state index in [1.54, 1.807) is 28.4 Å². The highest BCUT2D eigenvalue weighted by Crippen LogP contribution is 2.48. The van der Waals surface area contributed by atoms with Gasteiger partial charge < -0.3 is 24.1 Å². The summed E-state index contributed by atoms with van der Waals surface area (Å²) in [5.41, 5.74) is 0.694. The summed E-state index contributed by atoms with van der Waals surface area (Å²) in [6, 6.07) is 5.49. The normalized spacial score (nSPS) is 12.3. The molecule has 0 bridgehead atoms. The smallest absolute Gasteiger partial charge is 0.136 e. The largest absolute Gasteiger partial charge is 0.496 e. The average molecular weight is 348 g/mol. The molecular formula is C20H28O5. The first-order valence-corrected chi connectivity index (χ1v) is 8.46. The van der Waals surface area contributed by atoms with Gasteiger partial charge in [0.05, 0.1) is 45.3 Å². The van der Waals surface area contributed by atoms with Gasteiger partial charge in [-0.1, -0.05) is 13.8 Å². The zero-order chi connectivity index (χ0) is 18.6. The molecule has 5 heteroatoms. The molecule has 0 aromatic heterocycles. The number of hydrogen-bond acceptors (Lipinski definition) is 5. The molecule has 2 rings (SSSR count). The van der Waals surface area contributed by atoms with E-state index < -0.39 is 6.10 Å². The Labute approximate surface area is 149 Å². The molecule has 0 heterocycles. The summed E-state index contributed by atoms with van der Waals surface area (Å²) in [4.78, 5) is 0.